The summed E-state index contributed by atoms with van der Waals surface area (Å²) in [5.74, 6) is -0.875. The van der Waals surface area contributed by atoms with Gasteiger partial charge in [0.1, 0.15) is 11.9 Å². The molecule has 2 fully saturated rings. The molecule has 1 aromatic heterocycles. The van der Waals surface area contributed by atoms with Crippen molar-refractivity contribution >= 4 is 34.9 Å². The number of halogens is 1. The maximum absolute atomic E-state index is 13.3. The van der Waals surface area contributed by atoms with Crippen LogP contribution in [0.15, 0.2) is 41.1 Å². The number of imide groups is 1. The van der Waals surface area contributed by atoms with E-state index in [9.17, 15) is 18.8 Å². The summed E-state index contributed by atoms with van der Waals surface area (Å²) in [5, 5.41) is 3.87. The minimum Gasteiger partial charge on any atom is -0.339 e. The number of anilines is 1. The molecule has 29 heavy (non-hydrogen) atoms. The third-order valence-corrected chi connectivity index (χ3v) is 6.03. The van der Waals surface area contributed by atoms with E-state index in [-0.39, 0.29) is 30.2 Å². The van der Waals surface area contributed by atoms with Gasteiger partial charge in [0.25, 0.3) is 5.91 Å². The van der Waals surface area contributed by atoms with Gasteiger partial charge in [-0.3, -0.25) is 9.59 Å². The summed E-state index contributed by atoms with van der Waals surface area (Å²) < 4.78 is 13.3. The van der Waals surface area contributed by atoms with Crippen LogP contribution in [0.1, 0.15) is 19.4 Å². The molecule has 4 rings (SSSR count). The van der Waals surface area contributed by atoms with Crippen molar-refractivity contribution in [2.75, 3.05) is 24.5 Å². The SMILES string of the molecule is CC1(C)CN(C(=O)Cc2ccsc2)CC2C(=O)N(c3ccc(F)cc3)C(=O)N2C1. The number of hydrogen-bond donors (Lipinski definition) is 0. The third-order valence-electron chi connectivity index (χ3n) is 5.30. The average Bonchev–Trinajstić information content (AvgIpc) is 3.20. The van der Waals surface area contributed by atoms with Gasteiger partial charge in [-0.1, -0.05) is 13.8 Å². The molecule has 3 heterocycles. The average molecular weight is 415 g/mol. The van der Waals surface area contributed by atoms with Crippen molar-refractivity contribution < 1.29 is 18.8 Å². The van der Waals surface area contributed by atoms with Gasteiger partial charge in [-0.2, -0.15) is 11.3 Å². The first kappa shape index (κ1) is 19.6. The maximum atomic E-state index is 13.3. The molecule has 4 amide bonds. The van der Waals surface area contributed by atoms with E-state index in [0.29, 0.717) is 18.8 Å². The van der Waals surface area contributed by atoms with E-state index in [0.717, 1.165) is 10.5 Å². The van der Waals surface area contributed by atoms with Gasteiger partial charge in [-0.15, -0.1) is 0 Å². The van der Waals surface area contributed by atoms with Crippen LogP contribution in [0.3, 0.4) is 0 Å². The van der Waals surface area contributed by atoms with Crippen molar-refractivity contribution in [2.45, 2.75) is 26.3 Å². The number of benzene rings is 1. The molecule has 0 radical (unpaired) electrons. The van der Waals surface area contributed by atoms with Crippen LogP contribution in [0.2, 0.25) is 0 Å². The fourth-order valence-electron chi connectivity index (χ4n) is 3.99. The summed E-state index contributed by atoms with van der Waals surface area (Å²) in [6.45, 7) is 4.97. The lowest BCUT2D eigenvalue weighted by Crippen LogP contribution is -2.44. The summed E-state index contributed by atoms with van der Waals surface area (Å²) in [5.41, 5.74) is 0.914. The predicted molar refractivity (Wildman–Crippen MR) is 108 cm³/mol. The smallest absolute Gasteiger partial charge is 0.332 e. The number of thiophene rings is 1. The van der Waals surface area contributed by atoms with E-state index >= 15 is 0 Å². The van der Waals surface area contributed by atoms with Crippen molar-refractivity contribution in [1.29, 1.82) is 0 Å². The Morgan fingerprint density at radius 1 is 1.17 bits per heavy atom. The lowest BCUT2D eigenvalue weighted by atomic mass is 9.92. The molecular formula is C21H22FN3O3S. The van der Waals surface area contributed by atoms with Gasteiger partial charge in [-0.05, 0) is 46.7 Å². The summed E-state index contributed by atoms with van der Waals surface area (Å²) in [4.78, 5) is 43.4. The van der Waals surface area contributed by atoms with Gasteiger partial charge in [-0.25, -0.2) is 14.1 Å². The highest BCUT2D eigenvalue weighted by Crippen LogP contribution is 2.32. The quantitative estimate of drug-likeness (QED) is 0.724. The minimum absolute atomic E-state index is 0.0567. The van der Waals surface area contributed by atoms with Gasteiger partial charge in [0.15, 0.2) is 0 Å². The predicted octanol–water partition coefficient (Wildman–Crippen LogP) is 3.14. The zero-order chi connectivity index (χ0) is 20.8. The largest absolute Gasteiger partial charge is 0.339 e. The van der Waals surface area contributed by atoms with Gasteiger partial charge in [0.2, 0.25) is 5.91 Å². The summed E-state index contributed by atoms with van der Waals surface area (Å²) in [7, 11) is 0. The molecule has 0 bridgehead atoms. The van der Waals surface area contributed by atoms with E-state index in [1.807, 2.05) is 30.7 Å². The number of nitrogens with zero attached hydrogens (tertiary/aromatic N) is 3. The Balaban J connectivity index is 1.61. The van der Waals surface area contributed by atoms with Crippen LogP contribution < -0.4 is 4.90 Å². The van der Waals surface area contributed by atoms with Crippen LogP contribution in [-0.4, -0.2) is 53.3 Å². The Hall–Kier alpha value is -2.74. The zero-order valence-electron chi connectivity index (χ0n) is 16.3. The van der Waals surface area contributed by atoms with Crippen LogP contribution in [-0.2, 0) is 16.0 Å². The molecule has 1 aromatic carbocycles. The fraction of sp³-hybridized carbons (Fsp3) is 0.381. The van der Waals surface area contributed by atoms with Gasteiger partial charge >= 0.3 is 6.03 Å². The lowest BCUT2D eigenvalue weighted by molar-refractivity contribution is -0.132. The molecule has 0 aliphatic carbocycles. The Morgan fingerprint density at radius 2 is 1.90 bits per heavy atom. The van der Waals surface area contributed by atoms with Crippen molar-refractivity contribution in [2.24, 2.45) is 5.41 Å². The highest BCUT2D eigenvalue weighted by molar-refractivity contribution is 7.08. The van der Waals surface area contributed by atoms with E-state index in [1.54, 1.807) is 9.80 Å². The standard InChI is InChI=1S/C21H22FN3O3S/c1-21(2)12-23(18(26)9-14-7-8-29-11-14)10-17-19(27)25(20(28)24(17)13-21)16-5-3-15(22)4-6-16/h3-8,11,17H,9-10,12-13H2,1-2H3. The normalized spacial score (nSPS) is 21.3. The lowest BCUT2D eigenvalue weighted by Gasteiger charge is -2.30. The molecule has 8 heteroatoms. The molecule has 6 nitrogen and oxygen atoms in total. The number of carbonyl (C=O) groups excluding carboxylic acids is 3. The molecule has 152 valence electrons. The first-order valence-electron chi connectivity index (χ1n) is 9.44. The van der Waals surface area contributed by atoms with Gasteiger partial charge in [0.05, 0.1) is 18.7 Å². The van der Waals surface area contributed by atoms with E-state index in [2.05, 4.69) is 0 Å². The molecule has 1 atom stereocenters. The topological polar surface area (TPSA) is 60.9 Å². The zero-order valence-corrected chi connectivity index (χ0v) is 17.1. The second kappa shape index (κ2) is 7.26. The summed E-state index contributed by atoms with van der Waals surface area (Å²) in [6.07, 6.45) is 0.274. The van der Waals surface area contributed by atoms with Crippen molar-refractivity contribution in [3.63, 3.8) is 0 Å². The maximum Gasteiger partial charge on any atom is 0.332 e. The number of rotatable bonds is 3. The fourth-order valence-corrected chi connectivity index (χ4v) is 4.66. The van der Waals surface area contributed by atoms with Gasteiger partial charge < -0.3 is 9.80 Å². The summed E-state index contributed by atoms with van der Waals surface area (Å²) >= 11 is 1.54. The van der Waals surface area contributed by atoms with Crippen molar-refractivity contribution in [3.05, 3.63) is 52.5 Å². The Bertz CT molecular complexity index is 943. The monoisotopic (exact) mass is 415 g/mol. The molecular weight excluding hydrogens is 393 g/mol. The third kappa shape index (κ3) is 3.76. The minimum atomic E-state index is -0.735. The second-order valence-corrected chi connectivity index (χ2v) is 9.10. The highest BCUT2D eigenvalue weighted by Gasteiger charge is 2.50. The van der Waals surface area contributed by atoms with Crippen LogP contribution in [0.4, 0.5) is 14.9 Å². The van der Waals surface area contributed by atoms with E-state index in [4.69, 9.17) is 0 Å². The molecule has 0 saturated carbocycles. The number of amides is 4. The molecule has 0 spiro atoms. The molecule has 2 aliphatic heterocycles. The van der Waals surface area contributed by atoms with Crippen LogP contribution in [0.5, 0.6) is 0 Å². The van der Waals surface area contributed by atoms with Crippen LogP contribution in [0.25, 0.3) is 0 Å². The Morgan fingerprint density at radius 3 is 2.55 bits per heavy atom. The molecule has 2 saturated heterocycles. The van der Waals surface area contributed by atoms with Crippen molar-refractivity contribution in [3.8, 4) is 0 Å². The van der Waals surface area contributed by atoms with E-state index < -0.39 is 17.9 Å². The number of hydrogen-bond acceptors (Lipinski definition) is 4. The van der Waals surface area contributed by atoms with Crippen LogP contribution >= 0.6 is 11.3 Å². The molecule has 2 aliphatic rings. The number of carbonyl (C=O) groups is 3. The number of fused-ring (bicyclic) bond motifs is 1. The molecule has 1 unspecified atom stereocenters. The summed E-state index contributed by atoms with van der Waals surface area (Å²) in [6, 6.07) is 6.04. The Kier molecular flexibility index (Phi) is 4.90. The molecule has 2 aromatic rings. The first-order valence-corrected chi connectivity index (χ1v) is 10.4. The number of urea groups is 1. The van der Waals surface area contributed by atoms with E-state index in [1.165, 1.54) is 35.6 Å². The first-order chi connectivity index (χ1) is 13.7. The Labute approximate surface area is 172 Å². The van der Waals surface area contributed by atoms with Gasteiger partial charge in [0, 0.05) is 18.5 Å². The second-order valence-electron chi connectivity index (χ2n) is 8.32. The highest BCUT2D eigenvalue weighted by atomic mass is 32.1. The van der Waals surface area contributed by atoms with Crippen LogP contribution in [0, 0.1) is 11.2 Å². The van der Waals surface area contributed by atoms with Crippen molar-refractivity contribution in [1.82, 2.24) is 9.80 Å². The molecule has 0 N–H and O–H groups in total.